The Morgan fingerprint density at radius 2 is 2.05 bits per heavy atom. The minimum atomic E-state index is 0.799. The Hall–Kier alpha value is -0.860. The van der Waals surface area contributed by atoms with E-state index in [1.54, 1.807) is 5.56 Å². The Labute approximate surface area is 130 Å². The van der Waals surface area contributed by atoms with Gasteiger partial charge in [-0.2, -0.15) is 0 Å². The maximum Gasteiger partial charge on any atom is 0.0109 e. The first-order chi connectivity index (χ1) is 10.1. The average Bonchev–Trinajstić information content (AvgIpc) is 2.88. The zero-order chi connectivity index (χ0) is 14.8. The molecule has 3 atom stereocenters. The summed E-state index contributed by atoms with van der Waals surface area (Å²) < 4.78 is 0. The van der Waals surface area contributed by atoms with Gasteiger partial charge in [0.1, 0.15) is 0 Å². The summed E-state index contributed by atoms with van der Waals surface area (Å²) in [7, 11) is 4.36. The summed E-state index contributed by atoms with van der Waals surface area (Å²) in [6, 6.07) is 9.26. The van der Waals surface area contributed by atoms with Crippen molar-refractivity contribution in [2.45, 2.75) is 32.1 Å². The van der Waals surface area contributed by atoms with Gasteiger partial charge in [0.2, 0.25) is 0 Å². The summed E-state index contributed by atoms with van der Waals surface area (Å²) in [5.41, 5.74) is 3.01. The van der Waals surface area contributed by atoms with Gasteiger partial charge in [0.15, 0.2) is 0 Å². The van der Waals surface area contributed by atoms with E-state index in [-0.39, 0.29) is 0 Å². The molecule has 2 fully saturated rings. The van der Waals surface area contributed by atoms with Crippen molar-refractivity contribution in [3.05, 3.63) is 35.4 Å². The van der Waals surface area contributed by atoms with E-state index in [1.165, 1.54) is 51.0 Å². The highest BCUT2D eigenvalue weighted by Gasteiger charge is 2.40. The van der Waals surface area contributed by atoms with Crippen LogP contribution in [0, 0.1) is 18.8 Å². The molecule has 1 aromatic rings. The average molecular weight is 286 g/mol. The lowest BCUT2D eigenvalue weighted by atomic mass is 9.71. The maximum atomic E-state index is 2.71. The summed E-state index contributed by atoms with van der Waals surface area (Å²) in [4.78, 5) is 5.02. The van der Waals surface area contributed by atoms with Crippen molar-refractivity contribution in [1.29, 1.82) is 0 Å². The quantitative estimate of drug-likeness (QED) is 0.837. The largest absolute Gasteiger partial charge is 0.308 e. The first kappa shape index (κ1) is 15.1. The van der Waals surface area contributed by atoms with Crippen LogP contribution in [-0.2, 0) is 0 Å². The van der Waals surface area contributed by atoms with Gasteiger partial charge < -0.3 is 9.80 Å². The normalized spacial score (nSPS) is 29.8. The Balaban J connectivity index is 1.69. The second kappa shape index (κ2) is 6.50. The van der Waals surface area contributed by atoms with Crippen LogP contribution in [0.15, 0.2) is 24.3 Å². The fourth-order valence-electron chi connectivity index (χ4n) is 4.40. The van der Waals surface area contributed by atoms with Gasteiger partial charge >= 0.3 is 0 Å². The van der Waals surface area contributed by atoms with Gasteiger partial charge in [0.25, 0.3) is 0 Å². The third-order valence-electron chi connectivity index (χ3n) is 5.51. The Bertz CT molecular complexity index is 468. The van der Waals surface area contributed by atoms with Gasteiger partial charge in [-0.3, -0.25) is 0 Å². The van der Waals surface area contributed by atoms with Crippen molar-refractivity contribution in [2.24, 2.45) is 11.8 Å². The molecule has 21 heavy (non-hydrogen) atoms. The number of hydrogen-bond donors (Lipinski definition) is 0. The first-order valence-corrected chi connectivity index (χ1v) is 8.57. The van der Waals surface area contributed by atoms with E-state index in [9.17, 15) is 0 Å². The molecule has 0 bridgehead atoms. The lowest BCUT2D eigenvalue weighted by Gasteiger charge is -2.33. The number of aryl methyl sites for hydroxylation is 1. The van der Waals surface area contributed by atoms with Gasteiger partial charge in [0, 0.05) is 26.2 Å². The van der Waals surface area contributed by atoms with Crippen molar-refractivity contribution < 1.29 is 0 Å². The molecule has 0 N–H and O–H groups in total. The van der Waals surface area contributed by atoms with Crippen molar-refractivity contribution >= 4 is 0 Å². The molecule has 2 nitrogen and oxygen atoms in total. The first-order valence-electron chi connectivity index (χ1n) is 8.57. The van der Waals surface area contributed by atoms with Crippen LogP contribution in [0.4, 0.5) is 0 Å². The topological polar surface area (TPSA) is 6.48 Å². The highest BCUT2D eigenvalue weighted by atomic mass is 15.2. The van der Waals surface area contributed by atoms with Crippen LogP contribution in [0.2, 0.25) is 0 Å². The summed E-state index contributed by atoms with van der Waals surface area (Å²) >= 11 is 0. The minimum Gasteiger partial charge on any atom is -0.308 e. The number of fused-ring (bicyclic) bond motifs is 1. The highest BCUT2D eigenvalue weighted by molar-refractivity contribution is 5.27. The summed E-state index contributed by atoms with van der Waals surface area (Å²) in [5.74, 6) is 2.63. The van der Waals surface area contributed by atoms with Gasteiger partial charge in [0.05, 0.1) is 0 Å². The molecule has 1 aliphatic heterocycles. The number of likely N-dealkylation sites (N-methyl/N-ethyl adjacent to an activating group) is 1. The number of hydrogen-bond acceptors (Lipinski definition) is 2. The third kappa shape index (κ3) is 3.49. The van der Waals surface area contributed by atoms with Crippen LogP contribution in [-0.4, -0.2) is 50.1 Å². The van der Waals surface area contributed by atoms with Crippen LogP contribution in [0.25, 0.3) is 0 Å². The van der Waals surface area contributed by atoms with Gasteiger partial charge in [-0.1, -0.05) is 36.2 Å². The molecule has 1 heterocycles. The number of likely N-dealkylation sites (tertiary alicyclic amines) is 1. The molecule has 1 aliphatic carbocycles. The van der Waals surface area contributed by atoms with E-state index in [0.29, 0.717) is 0 Å². The van der Waals surface area contributed by atoms with Crippen LogP contribution >= 0.6 is 0 Å². The molecule has 0 aromatic heterocycles. The van der Waals surface area contributed by atoms with E-state index >= 15 is 0 Å². The summed E-state index contributed by atoms with van der Waals surface area (Å²) in [6.45, 7) is 7.30. The molecule has 1 saturated carbocycles. The van der Waals surface area contributed by atoms with Crippen LogP contribution in [0.5, 0.6) is 0 Å². The fraction of sp³-hybridized carbons (Fsp3) is 0.684. The van der Waals surface area contributed by atoms with E-state index < -0.39 is 0 Å². The maximum absolute atomic E-state index is 2.71. The lowest BCUT2D eigenvalue weighted by molar-refractivity contribution is 0.256. The summed E-state index contributed by atoms with van der Waals surface area (Å²) in [5, 5.41) is 0. The fourth-order valence-corrected chi connectivity index (χ4v) is 4.40. The predicted octanol–water partition coefficient (Wildman–Crippen LogP) is 3.37. The molecular formula is C19H30N2. The molecule has 1 saturated heterocycles. The van der Waals surface area contributed by atoms with Crippen LogP contribution in [0.1, 0.15) is 36.3 Å². The van der Waals surface area contributed by atoms with Gasteiger partial charge in [-0.25, -0.2) is 0 Å². The number of rotatable bonds is 4. The van der Waals surface area contributed by atoms with Crippen LogP contribution in [0.3, 0.4) is 0 Å². The van der Waals surface area contributed by atoms with E-state index in [1.807, 2.05) is 0 Å². The molecule has 2 heteroatoms. The number of nitrogens with zero attached hydrogens (tertiary/aromatic N) is 2. The predicted molar refractivity (Wildman–Crippen MR) is 89.7 cm³/mol. The zero-order valence-corrected chi connectivity index (χ0v) is 13.9. The smallest absolute Gasteiger partial charge is 0.0109 e. The lowest BCUT2D eigenvalue weighted by Crippen LogP contribution is -2.30. The van der Waals surface area contributed by atoms with E-state index in [2.05, 4.69) is 55.1 Å². The molecule has 116 valence electrons. The molecule has 2 aliphatic rings. The molecule has 0 amide bonds. The molecule has 1 aromatic carbocycles. The van der Waals surface area contributed by atoms with Crippen molar-refractivity contribution in [3.63, 3.8) is 0 Å². The highest BCUT2D eigenvalue weighted by Crippen LogP contribution is 2.45. The van der Waals surface area contributed by atoms with Crippen molar-refractivity contribution in [1.82, 2.24) is 9.80 Å². The second-order valence-electron chi connectivity index (χ2n) is 7.44. The molecule has 0 radical (unpaired) electrons. The van der Waals surface area contributed by atoms with Crippen LogP contribution < -0.4 is 0 Å². The Morgan fingerprint density at radius 3 is 2.81 bits per heavy atom. The van der Waals surface area contributed by atoms with Crippen molar-refractivity contribution in [3.8, 4) is 0 Å². The van der Waals surface area contributed by atoms with Gasteiger partial charge in [-0.15, -0.1) is 0 Å². The van der Waals surface area contributed by atoms with E-state index in [0.717, 1.165) is 17.8 Å². The SMILES string of the molecule is Cc1cccc([C@H]2CCCC3CN(CCN(C)C)C[C@H]32)c1. The molecule has 1 unspecified atom stereocenters. The molecule has 0 spiro atoms. The third-order valence-corrected chi connectivity index (χ3v) is 5.51. The van der Waals surface area contributed by atoms with Crippen molar-refractivity contribution in [2.75, 3.05) is 40.3 Å². The summed E-state index contributed by atoms with van der Waals surface area (Å²) in [6.07, 6.45) is 4.26. The number of benzene rings is 1. The zero-order valence-electron chi connectivity index (χ0n) is 13.9. The standard InChI is InChI=1S/C19H30N2/c1-15-6-4-7-16(12-15)18-9-5-8-17-13-21(14-19(17)18)11-10-20(2)3/h4,6-7,12,17-19H,5,8-11,13-14H2,1-3H3/t17?,18-,19-/m1/s1. The molecular weight excluding hydrogens is 256 g/mol. The van der Waals surface area contributed by atoms with Gasteiger partial charge in [-0.05, 0) is 57.2 Å². The molecule has 3 rings (SSSR count). The Kier molecular flexibility index (Phi) is 4.66. The monoisotopic (exact) mass is 286 g/mol. The minimum absolute atomic E-state index is 0.799. The Morgan fingerprint density at radius 1 is 1.19 bits per heavy atom. The second-order valence-corrected chi connectivity index (χ2v) is 7.44. The van der Waals surface area contributed by atoms with E-state index in [4.69, 9.17) is 0 Å².